The highest BCUT2D eigenvalue weighted by atomic mass is 35.5. The van der Waals surface area contributed by atoms with Gasteiger partial charge in [0.15, 0.2) is 0 Å². The lowest BCUT2D eigenvalue weighted by Crippen LogP contribution is -2.04. The van der Waals surface area contributed by atoms with Crippen LogP contribution in [0.15, 0.2) is 37.8 Å². The fourth-order valence-corrected chi connectivity index (χ4v) is 6.38. The number of fused-ring (bicyclic) bond motifs is 2. The van der Waals surface area contributed by atoms with Crippen molar-refractivity contribution in [2.75, 3.05) is 0 Å². The van der Waals surface area contributed by atoms with Gasteiger partial charge in [0.2, 0.25) is 11.6 Å². The van der Waals surface area contributed by atoms with Crippen LogP contribution in [0.3, 0.4) is 0 Å². The van der Waals surface area contributed by atoms with Crippen molar-refractivity contribution in [3.05, 3.63) is 65.3 Å². The molecule has 126 valence electrons. The van der Waals surface area contributed by atoms with Crippen molar-refractivity contribution in [3.8, 4) is 0 Å². The standard InChI is InChI=1S/C18H9Cl3O2S2/c1-6-3-8(19)4-11-12(6)14(22)17(24-11)18-15(23)13-7(2)9(20)5-10(21)16(13)25-18/h3-5H,1-2H3/b18-17-. The highest BCUT2D eigenvalue weighted by Gasteiger charge is 2.39. The smallest absolute Gasteiger partial charge is 0.202 e. The SMILES string of the molecule is Cc1cc(Cl)cc2c1C(=O)/C(=C1/Sc3c(Cl)cc(Cl)c(C)c3C1=O)S2. The van der Waals surface area contributed by atoms with Crippen LogP contribution < -0.4 is 0 Å². The summed E-state index contributed by atoms with van der Waals surface area (Å²) < 4.78 is 0. The van der Waals surface area contributed by atoms with E-state index in [1.165, 1.54) is 23.5 Å². The molecule has 2 nitrogen and oxygen atoms in total. The van der Waals surface area contributed by atoms with Crippen LogP contribution in [0, 0.1) is 13.8 Å². The second-order valence-corrected chi connectivity index (χ2v) is 9.11. The van der Waals surface area contributed by atoms with Gasteiger partial charge in [0.05, 0.1) is 14.8 Å². The number of rotatable bonds is 0. The van der Waals surface area contributed by atoms with Crippen LogP contribution >= 0.6 is 58.3 Å². The normalized spacial score (nSPS) is 18.8. The van der Waals surface area contributed by atoms with E-state index in [1.54, 1.807) is 25.1 Å². The Kier molecular flexibility index (Phi) is 4.25. The first-order valence-electron chi connectivity index (χ1n) is 7.27. The molecule has 0 atom stereocenters. The van der Waals surface area contributed by atoms with Crippen molar-refractivity contribution in [1.29, 1.82) is 0 Å². The van der Waals surface area contributed by atoms with Gasteiger partial charge in [-0.2, -0.15) is 0 Å². The van der Waals surface area contributed by atoms with E-state index in [-0.39, 0.29) is 11.6 Å². The predicted octanol–water partition coefficient (Wildman–Crippen LogP) is 6.75. The first-order valence-corrected chi connectivity index (χ1v) is 10.0. The average Bonchev–Trinajstić information content (AvgIpc) is 3.03. The third kappa shape index (κ3) is 2.58. The molecule has 25 heavy (non-hydrogen) atoms. The number of thioether (sulfide) groups is 2. The maximum atomic E-state index is 13.0. The number of carbonyl (C=O) groups excluding carboxylic acids is 2. The largest absolute Gasteiger partial charge is 0.288 e. The number of hydrogen-bond acceptors (Lipinski definition) is 4. The number of hydrogen-bond donors (Lipinski definition) is 0. The van der Waals surface area contributed by atoms with Gasteiger partial charge in [0.25, 0.3) is 0 Å². The number of halogens is 3. The van der Waals surface area contributed by atoms with Crippen molar-refractivity contribution in [1.82, 2.24) is 0 Å². The summed E-state index contributed by atoms with van der Waals surface area (Å²) in [5.41, 5.74) is 2.59. The summed E-state index contributed by atoms with van der Waals surface area (Å²) in [6, 6.07) is 5.14. The van der Waals surface area contributed by atoms with Crippen molar-refractivity contribution in [2.45, 2.75) is 23.6 Å². The molecule has 0 radical (unpaired) electrons. The number of allylic oxidation sites excluding steroid dienone is 2. The Bertz CT molecular complexity index is 1040. The van der Waals surface area contributed by atoms with Gasteiger partial charge in [0.1, 0.15) is 0 Å². The van der Waals surface area contributed by atoms with Crippen molar-refractivity contribution in [2.24, 2.45) is 0 Å². The molecule has 2 aliphatic heterocycles. The molecule has 0 aromatic heterocycles. The minimum atomic E-state index is -0.200. The average molecular weight is 428 g/mol. The summed E-state index contributed by atoms with van der Waals surface area (Å²) in [7, 11) is 0. The van der Waals surface area contributed by atoms with Crippen molar-refractivity contribution >= 4 is 69.9 Å². The van der Waals surface area contributed by atoms with E-state index in [1.807, 2.05) is 6.92 Å². The van der Waals surface area contributed by atoms with Gasteiger partial charge in [-0.05, 0) is 43.2 Å². The third-order valence-electron chi connectivity index (χ3n) is 4.18. The van der Waals surface area contributed by atoms with Crippen LogP contribution in [0.2, 0.25) is 15.1 Å². The molecule has 0 bridgehead atoms. The summed E-state index contributed by atoms with van der Waals surface area (Å²) >= 11 is 21.1. The zero-order valence-corrected chi connectivity index (χ0v) is 16.9. The number of aryl methyl sites for hydroxylation is 1. The zero-order valence-electron chi connectivity index (χ0n) is 13.0. The molecular weight excluding hydrogens is 419 g/mol. The second kappa shape index (κ2) is 6.07. The van der Waals surface area contributed by atoms with Gasteiger partial charge in [0, 0.05) is 31.0 Å². The maximum Gasteiger partial charge on any atom is 0.202 e. The van der Waals surface area contributed by atoms with Crippen LogP contribution in [-0.4, -0.2) is 11.6 Å². The van der Waals surface area contributed by atoms with Crippen LogP contribution in [0.1, 0.15) is 31.8 Å². The van der Waals surface area contributed by atoms with E-state index in [0.29, 0.717) is 46.5 Å². The first-order chi connectivity index (χ1) is 11.8. The van der Waals surface area contributed by atoms with E-state index < -0.39 is 0 Å². The Morgan fingerprint density at radius 3 is 2.16 bits per heavy atom. The van der Waals surface area contributed by atoms with Gasteiger partial charge >= 0.3 is 0 Å². The molecule has 0 amide bonds. The van der Waals surface area contributed by atoms with Crippen molar-refractivity contribution in [3.63, 3.8) is 0 Å². The summed E-state index contributed by atoms with van der Waals surface area (Å²) in [4.78, 5) is 28.2. The van der Waals surface area contributed by atoms with E-state index in [0.717, 1.165) is 10.5 Å². The van der Waals surface area contributed by atoms with Gasteiger partial charge in [-0.15, -0.1) is 0 Å². The van der Waals surface area contributed by atoms with E-state index >= 15 is 0 Å². The van der Waals surface area contributed by atoms with E-state index in [4.69, 9.17) is 34.8 Å². The quantitative estimate of drug-likeness (QED) is 0.435. The molecule has 2 heterocycles. The van der Waals surface area contributed by atoms with Gasteiger partial charge in [-0.1, -0.05) is 58.3 Å². The molecule has 0 spiro atoms. The predicted molar refractivity (Wildman–Crippen MR) is 105 cm³/mol. The Morgan fingerprint density at radius 2 is 1.44 bits per heavy atom. The molecule has 0 N–H and O–H groups in total. The van der Waals surface area contributed by atoms with Gasteiger partial charge in [-0.25, -0.2) is 0 Å². The number of benzene rings is 2. The Balaban J connectivity index is 1.89. The molecule has 7 heteroatoms. The van der Waals surface area contributed by atoms with Crippen LogP contribution in [0.5, 0.6) is 0 Å². The Morgan fingerprint density at radius 1 is 0.800 bits per heavy atom. The minimum Gasteiger partial charge on any atom is -0.288 e. The van der Waals surface area contributed by atoms with Gasteiger partial charge < -0.3 is 0 Å². The molecule has 2 aromatic carbocycles. The maximum absolute atomic E-state index is 13.0. The molecule has 0 unspecified atom stereocenters. The molecular formula is C18H9Cl3O2S2. The van der Waals surface area contributed by atoms with Crippen LogP contribution in [-0.2, 0) is 0 Å². The number of Topliss-reactive ketones (excluding diaryl/α,β-unsaturated/α-hetero) is 2. The number of carbonyl (C=O) groups is 2. The fourth-order valence-electron chi connectivity index (χ4n) is 2.98. The van der Waals surface area contributed by atoms with Crippen molar-refractivity contribution < 1.29 is 9.59 Å². The monoisotopic (exact) mass is 426 g/mol. The lowest BCUT2D eigenvalue weighted by atomic mass is 10.0. The lowest BCUT2D eigenvalue weighted by Gasteiger charge is -2.05. The summed E-state index contributed by atoms with van der Waals surface area (Å²) in [6.07, 6.45) is 0. The van der Waals surface area contributed by atoms with E-state index in [9.17, 15) is 9.59 Å². The summed E-state index contributed by atoms with van der Waals surface area (Å²) in [5, 5.41) is 1.44. The molecule has 2 aromatic rings. The minimum absolute atomic E-state index is 0.141. The summed E-state index contributed by atoms with van der Waals surface area (Å²) in [6.45, 7) is 3.63. The molecule has 2 aliphatic rings. The summed E-state index contributed by atoms with van der Waals surface area (Å²) in [5.74, 6) is -0.341. The lowest BCUT2D eigenvalue weighted by molar-refractivity contribution is 0.101. The molecule has 0 saturated carbocycles. The first kappa shape index (κ1) is 17.5. The highest BCUT2D eigenvalue weighted by molar-refractivity contribution is 8.08. The fraction of sp³-hybridized carbons (Fsp3) is 0.111. The highest BCUT2D eigenvalue weighted by Crippen LogP contribution is 2.53. The Labute approximate surface area is 167 Å². The third-order valence-corrected chi connectivity index (χ3v) is 7.69. The van der Waals surface area contributed by atoms with Gasteiger partial charge in [-0.3, -0.25) is 9.59 Å². The molecule has 4 rings (SSSR count). The molecule has 0 aliphatic carbocycles. The van der Waals surface area contributed by atoms with Crippen LogP contribution in [0.25, 0.3) is 0 Å². The zero-order chi connectivity index (χ0) is 18.0. The molecule has 0 saturated heterocycles. The number of ketones is 2. The molecule has 0 fully saturated rings. The topological polar surface area (TPSA) is 34.1 Å². The van der Waals surface area contributed by atoms with E-state index in [2.05, 4.69) is 0 Å². The van der Waals surface area contributed by atoms with Crippen LogP contribution in [0.4, 0.5) is 0 Å². The Hall–Kier alpha value is -0.910. The second-order valence-electron chi connectivity index (χ2n) is 5.79.